The number of nitrogens with zero attached hydrogens (tertiary/aromatic N) is 2. The van der Waals surface area contributed by atoms with E-state index in [-0.39, 0.29) is 5.41 Å². The van der Waals surface area contributed by atoms with Gasteiger partial charge in [-0.05, 0) is 25.1 Å². The number of para-hydroxylation sites is 1. The number of anilines is 2. The molecule has 0 saturated heterocycles. The molecule has 2 rings (SSSR count). The highest BCUT2D eigenvalue weighted by Crippen LogP contribution is 2.22. The summed E-state index contributed by atoms with van der Waals surface area (Å²) < 4.78 is 0. The molecule has 0 saturated carbocycles. The molecule has 3 nitrogen and oxygen atoms in total. The van der Waals surface area contributed by atoms with E-state index in [1.165, 1.54) is 0 Å². The molecular weight excluding hydrogens is 222 g/mol. The van der Waals surface area contributed by atoms with E-state index in [1.54, 1.807) is 0 Å². The normalized spacial score (nSPS) is 11.3. The molecule has 0 atom stereocenters. The Bertz CT molecular complexity index is 527. The summed E-state index contributed by atoms with van der Waals surface area (Å²) in [4.78, 5) is 9.00. The molecule has 3 heteroatoms. The molecule has 94 valence electrons. The van der Waals surface area contributed by atoms with Crippen molar-refractivity contribution < 1.29 is 0 Å². The van der Waals surface area contributed by atoms with E-state index >= 15 is 0 Å². The zero-order valence-electron chi connectivity index (χ0n) is 11.4. The van der Waals surface area contributed by atoms with Crippen LogP contribution < -0.4 is 5.32 Å². The summed E-state index contributed by atoms with van der Waals surface area (Å²) in [6.07, 6.45) is 0. The third-order valence-corrected chi connectivity index (χ3v) is 2.65. The molecule has 0 bridgehead atoms. The van der Waals surface area contributed by atoms with Crippen LogP contribution in [-0.4, -0.2) is 9.97 Å². The molecule has 0 aliphatic heterocycles. The predicted octanol–water partition coefficient (Wildman–Crippen LogP) is 3.83. The Kier molecular flexibility index (Phi) is 3.32. The Morgan fingerprint density at radius 2 is 1.67 bits per heavy atom. The van der Waals surface area contributed by atoms with Crippen LogP contribution in [0.25, 0.3) is 0 Å². The van der Waals surface area contributed by atoms with Gasteiger partial charge in [0.2, 0.25) is 5.95 Å². The summed E-state index contributed by atoms with van der Waals surface area (Å²) in [6, 6.07) is 12.0. The average Bonchev–Trinajstić information content (AvgIpc) is 2.28. The van der Waals surface area contributed by atoms with Gasteiger partial charge in [-0.15, -0.1) is 0 Å². The van der Waals surface area contributed by atoms with Crippen LogP contribution in [0.4, 0.5) is 11.6 Å². The lowest BCUT2D eigenvalue weighted by molar-refractivity contribution is 0.567. The fourth-order valence-corrected chi connectivity index (χ4v) is 1.66. The van der Waals surface area contributed by atoms with Gasteiger partial charge in [-0.1, -0.05) is 39.0 Å². The van der Waals surface area contributed by atoms with Gasteiger partial charge in [0.25, 0.3) is 0 Å². The quantitative estimate of drug-likeness (QED) is 0.868. The third-order valence-electron chi connectivity index (χ3n) is 2.65. The van der Waals surface area contributed by atoms with Crippen molar-refractivity contribution in [1.29, 1.82) is 0 Å². The Labute approximate surface area is 108 Å². The minimum atomic E-state index is 0.0286. The number of rotatable bonds is 2. The van der Waals surface area contributed by atoms with Gasteiger partial charge < -0.3 is 5.32 Å². The molecule has 0 radical (unpaired) electrons. The van der Waals surface area contributed by atoms with Crippen LogP contribution in [-0.2, 0) is 5.41 Å². The van der Waals surface area contributed by atoms with E-state index < -0.39 is 0 Å². The van der Waals surface area contributed by atoms with Gasteiger partial charge in [0, 0.05) is 16.8 Å². The van der Waals surface area contributed by atoms with Crippen LogP contribution in [0.5, 0.6) is 0 Å². The van der Waals surface area contributed by atoms with Crippen molar-refractivity contribution in [3.63, 3.8) is 0 Å². The molecule has 0 fully saturated rings. The maximum atomic E-state index is 4.58. The Morgan fingerprint density at radius 1 is 1.00 bits per heavy atom. The number of aromatic nitrogens is 2. The molecule has 0 amide bonds. The van der Waals surface area contributed by atoms with Gasteiger partial charge in [-0.25, -0.2) is 9.97 Å². The molecule has 0 unspecified atom stereocenters. The number of hydrogen-bond acceptors (Lipinski definition) is 3. The second-order valence-electron chi connectivity index (χ2n) is 5.46. The molecule has 0 aliphatic carbocycles. The van der Waals surface area contributed by atoms with Gasteiger partial charge in [-0.2, -0.15) is 0 Å². The standard InChI is InChI=1S/C15H19N3/c1-11-10-13(15(2,3)4)18-14(16-11)17-12-8-6-5-7-9-12/h5-10H,1-4H3,(H,16,17,18). The number of hydrogen-bond donors (Lipinski definition) is 1. The molecule has 1 aromatic carbocycles. The van der Waals surface area contributed by atoms with Crippen molar-refractivity contribution in [2.45, 2.75) is 33.1 Å². The first kappa shape index (κ1) is 12.6. The smallest absolute Gasteiger partial charge is 0.227 e. The molecule has 18 heavy (non-hydrogen) atoms. The van der Waals surface area contributed by atoms with Crippen LogP contribution in [0.1, 0.15) is 32.2 Å². The lowest BCUT2D eigenvalue weighted by atomic mass is 9.91. The van der Waals surface area contributed by atoms with Gasteiger partial charge >= 0.3 is 0 Å². The first-order valence-electron chi connectivity index (χ1n) is 6.13. The van der Waals surface area contributed by atoms with Crippen molar-refractivity contribution in [3.8, 4) is 0 Å². The van der Waals surface area contributed by atoms with Crippen molar-refractivity contribution in [1.82, 2.24) is 9.97 Å². The summed E-state index contributed by atoms with van der Waals surface area (Å²) in [5.41, 5.74) is 3.06. The highest BCUT2D eigenvalue weighted by atomic mass is 15.1. The number of benzene rings is 1. The predicted molar refractivity (Wildman–Crippen MR) is 75.2 cm³/mol. The fourth-order valence-electron chi connectivity index (χ4n) is 1.66. The number of nitrogens with one attached hydrogen (secondary N) is 1. The molecular formula is C15H19N3. The maximum Gasteiger partial charge on any atom is 0.227 e. The van der Waals surface area contributed by atoms with E-state index in [9.17, 15) is 0 Å². The molecule has 1 aromatic heterocycles. The second-order valence-corrected chi connectivity index (χ2v) is 5.46. The minimum absolute atomic E-state index is 0.0286. The third kappa shape index (κ3) is 3.06. The highest BCUT2D eigenvalue weighted by molar-refractivity contribution is 5.53. The lowest BCUT2D eigenvalue weighted by Crippen LogP contribution is -2.15. The zero-order valence-corrected chi connectivity index (χ0v) is 11.4. The summed E-state index contributed by atoms with van der Waals surface area (Å²) >= 11 is 0. The molecule has 0 aliphatic rings. The van der Waals surface area contributed by atoms with Gasteiger partial charge in [0.1, 0.15) is 0 Å². The topological polar surface area (TPSA) is 37.8 Å². The summed E-state index contributed by atoms with van der Waals surface area (Å²) in [5.74, 6) is 0.658. The lowest BCUT2D eigenvalue weighted by Gasteiger charge is -2.19. The SMILES string of the molecule is Cc1cc(C(C)(C)C)nc(Nc2ccccc2)n1. The first-order valence-corrected chi connectivity index (χ1v) is 6.13. The van der Waals surface area contributed by atoms with E-state index in [0.29, 0.717) is 5.95 Å². The van der Waals surface area contributed by atoms with E-state index in [4.69, 9.17) is 0 Å². The van der Waals surface area contributed by atoms with Crippen LogP contribution in [0, 0.1) is 6.92 Å². The largest absolute Gasteiger partial charge is 0.324 e. The summed E-state index contributed by atoms with van der Waals surface area (Å²) in [6.45, 7) is 8.45. The van der Waals surface area contributed by atoms with E-state index in [1.807, 2.05) is 43.3 Å². The Hall–Kier alpha value is -1.90. The molecule has 1 N–H and O–H groups in total. The average molecular weight is 241 g/mol. The van der Waals surface area contributed by atoms with Crippen LogP contribution >= 0.6 is 0 Å². The summed E-state index contributed by atoms with van der Waals surface area (Å²) in [7, 11) is 0. The second kappa shape index (κ2) is 4.77. The van der Waals surface area contributed by atoms with E-state index in [2.05, 4.69) is 36.1 Å². The molecule has 1 heterocycles. The molecule has 0 spiro atoms. The number of aryl methyl sites for hydroxylation is 1. The van der Waals surface area contributed by atoms with Gasteiger partial charge in [-0.3, -0.25) is 0 Å². The van der Waals surface area contributed by atoms with E-state index in [0.717, 1.165) is 17.1 Å². The maximum absolute atomic E-state index is 4.58. The Morgan fingerprint density at radius 3 is 2.28 bits per heavy atom. The van der Waals surface area contributed by atoms with Gasteiger partial charge in [0.05, 0.1) is 5.69 Å². The first-order chi connectivity index (χ1) is 8.45. The zero-order chi connectivity index (χ0) is 13.2. The van der Waals surface area contributed by atoms with Crippen LogP contribution in [0.3, 0.4) is 0 Å². The fraction of sp³-hybridized carbons (Fsp3) is 0.333. The van der Waals surface area contributed by atoms with Crippen LogP contribution in [0.2, 0.25) is 0 Å². The molecule has 2 aromatic rings. The van der Waals surface area contributed by atoms with Crippen molar-refractivity contribution in [3.05, 3.63) is 47.8 Å². The highest BCUT2D eigenvalue weighted by Gasteiger charge is 2.17. The minimum Gasteiger partial charge on any atom is -0.324 e. The monoisotopic (exact) mass is 241 g/mol. The summed E-state index contributed by atoms with van der Waals surface area (Å²) in [5, 5.41) is 3.24. The van der Waals surface area contributed by atoms with Crippen LogP contribution in [0.15, 0.2) is 36.4 Å². The van der Waals surface area contributed by atoms with Crippen molar-refractivity contribution in [2.24, 2.45) is 0 Å². The van der Waals surface area contributed by atoms with Gasteiger partial charge in [0.15, 0.2) is 0 Å². The van der Waals surface area contributed by atoms with Crippen molar-refractivity contribution in [2.75, 3.05) is 5.32 Å². The van der Waals surface area contributed by atoms with Crippen molar-refractivity contribution >= 4 is 11.6 Å². The Balaban J connectivity index is 2.32.